The number of hydrogen-bond acceptors (Lipinski definition) is 3. The molecule has 0 saturated carbocycles. The zero-order chi connectivity index (χ0) is 13.8. The van der Waals surface area contributed by atoms with Gasteiger partial charge >= 0.3 is 0 Å². The van der Waals surface area contributed by atoms with E-state index in [1.165, 1.54) is 12.8 Å². The SMILES string of the molecule is S=c1[nH]nc(-c2ccccc2)n1CCC1CCCCO1. The average Bonchev–Trinajstić information content (AvgIpc) is 2.88. The Balaban J connectivity index is 1.76. The van der Waals surface area contributed by atoms with E-state index in [0.717, 1.165) is 37.4 Å². The van der Waals surface area contributed by atoms with Gasteiger partial charge < -0.3 is 9.30 Å². The van der Waals surface area contributed by atoms with E-state index in [2.05, 4.69) is 26.9 Å². The molecule has 1 aliphatic heterocycles. The summed E-state index contributed by atoms with van der Waals surface area (Å²) in [5.41, 5.74) is 1.09. The summed E-state index contributed by atoms with van der Waals surface area (Å²) < 4.78 is 8.54. The van der Waals surface area contributed by atoms with Gasteiger partial charge in [0.05, 0.1) is 6.10 Å². The summed E-state index contributed by atoms with van der Waals surface area (Å²) in [5.74, 6) is 0.909. The third-order valence-corrected chi connectivity index (χ3v) is 4.05. The van der Waals surface area contributed by atoms with Gasteiger partial charge in [-0.05, 0) is 37.9 Å². The number of rotatable bonds is 4. The lowest BCUT2D eigenvalue weighted by molar-refractivity contribution is 0.00881. The zero-order valence-corrected chi connectivity index (χ0v) is 12.2. The zero-order valence-electron chi connectivity index (χ0n) is 11.4. The minimum atomic E-state index is 0.365. The van der Waals surface area contributed by atoms with Crippen LogP contribution >= 0.6 is 12.2 Å². The molecule has 4 nitrogen and oxygen atoms in total. The quantitative estimate of drug-likeness (QED) is 0.875. The molecule has 1 saturated heterocycles. The highest BCUT2D eigenvalue weighted by molar-refractivity contribution is 7.71. The molecule has 0 bridgehead atoms. The first-order valence-corrected chi connectivity index (χ1v) is 7.57. The minimum Gasteiger partial charge on any atom is -0.378 e. The van der Waals surface area contributed by atoms with Crippen molar-refractivity contribution >= 4 is 12.2 Å². The van der Waals surface area contributed by atoms with Gasteiger partial charge in [0, 0.05) is 18.7 Å². The van der Waals surface area contributed by atoms with Crippen LogP contribution in [0.1, 0.15) is 25.7 Å². The Labute approximate surface area is 123 Å². The molecular formula is C15H19N3OS. The van der Waals surface area contributed by atoms with E-state index in [4.69, 9.17) is 17.0 Å². The molecule has 0 spiro atoms. The molecule has 1 aliphatic rings. The van der Waals surface area contributed by atoms with Crippen molar-refractivity contribution in [1.82, 2.24) is 14.8 Å². The third kappa shape index (κ3) is 2.99. The van der Waals surface area contributed by atoms with Gasteiger partial charge in [0.15, 0.2) is 10.6 Å². The number of H-pyrrole nitrogens is 1. The molecule has 1 N–H and O–H groups in total. The van der Waals surface area contributed by atoms with Crippen molar-refractivity contribution in [2.24, 2.45) is 0 Å². The fourth-order valence-electron chi connectivity index (χ4n) is 2.64. The smallest absolute Gasteiger partial charge is 0.195 e. The van der Waals surface area contributed by atoms with Crippen molar-refractivity contribution in [2.45, 2.75) is 38.3 Å². The predicted octanol–water partition coefficient (Wildman–Crippen LogP) is 3.57. The van der Waals surface area contributed by atoms with E-state index in [9.17, 15) is 0 Å². The van der Waals surface area contributed by atoms with Crippen LogP contribution in [0.5, 0.6) is 0 Å². The largest absolute Gasteiger partial charge is 0.378 e. The maximum absolute atomic E-state index is 5.78. The molecule has 1 aromatic heterocycles. The number of hydrogen-bond donors (Lipinski definition) is 1. The van der Waals surface area contributed by atoms with Gasteiger partial charge in [-0.25, -0.2) is 0 Å². The van der Waals surface area contributed by atoms with Gasteiger partial charge in [0.1, 0.15) is 0 Å². The molecule has 1 unspecified atom stereocenters. The van der Waals surface area contributed by atoms with Crippen molar-refractivity contribution in [1.29, 1.82) is 0 Å². The number of ether oxygens (including phenoxy) is 1. The van der Waals surface area contributed by atoms with Crippen molar-refractivity contribution in [3.63, 3.8) is 0 Å². The summed E-state index contributed by atoms with van der Waals surface area (Å²) >= 11 is 5.34. The van der Waals surface area contributed by atoms with E-state index < -0.39 is 0 Å². The van der Waals surface area contributed by atoms with E-state index in [0.29, 0.717) is 10.9 Å². The molecule has 1 atom stereocenters. The van der Waals surface area contributed by atoms with Crippen molar-refractivity contribution < 1.29 is 4.74 Å². The maximum Gasteiger partial charge on any atom is 0.195 e. The van der Waals surface area contributed by atoms with Gasteiger partial charge in [-0.1, -0.05) is 30.3 Å². The Morgan fingerprint density at radius 2 is 2.15 bits per heavy atom. The van der Waals surface area contributed by atoms with Crippen molar-refractivity contribution in [3.8, 4) is 11.4 Å². The normalized spacial score (nSPS) is 19.1. The second kappa shape index (κ2) is 6.33. The second-order valence-electron chi connectivity index (χ2n) is 5.15. The Kier molecular flexibility index (Phi) is 4.28. The monoisotopic (exact) mass is 289 g/mol. The minimum absolute atomic E-state index is 0.365. The molecule has 0 aliphatic carbocycles. The Morgan fingerprint density at radius 3 is 2.90 bits per heavy atom. The van der Waals surface area contributed by atoms with Crippen molar-refractivity contribution in [3.05, 3.63) is 35.1 Å². The molecule has 106 valence electrons. The summed E-state index contributed by atoms with van der Waals surface area (Å²) in [6, 6.07) is 10.1. The molecule has 2 aromatic rings. The molecule has 3 rings (SSSR count). The molecule has 1 aromatic carbocycles. The second-order valence-corrected chi connectivity index (χ2v) is 5.53. The standard InChI is InChI=1S/C15H19N3OS/c20-15-17-16-14(12-6-2-1-3-7-12)18(15)10-9-13-8-4-5-11-19-13/h1-3,6-7,13H,4-5,8-11H2,(H,17,20). The van der Waals surface area contributed by atoms with E-state index >= 15 is 0 Å². The molecule has 20 heavy (non-hydrogen) atoms. The van der Waals surface area contributed by atoms with Gasteiger partial charge in [-0.2, -0.15) is 5.10 Å². The summed E-state index contributed by atoms with van der Waals surface area (Å²) in [5, 5.41) is 7.25. The number of aromatic amines is 1. The number of nitrogens with one attached hydrogen (secondary N) is 1. The van der Waals surface area contributed by atoms with Crippen LogP contribution < -0.4 is 0 Å². The first-order chi connectivity index (χ1) is 9.84. The van der Waals surface area contributed by atoms with Crippen molar-refractivity contribution in [2.75, 3.05) is 6.61 Å². The fourth-order valence-corrected chi connectivity index (χ4v) is 2.86. The third-order valence-electron chi connectivity index (χ3n) is 3.74. The summed E-state index contributed by atoms with van der Waals surface area (Å²) in [6.45, 7) is 1.75. The summed E-state index contributed by atoms with van der Waals surface area (Å²) in [4.78, 5) is 0. The Morgan fingerprint density at radius 1 is 1.30 bits per heavy atom. The van der Waals surface area contributed by atoms with E-state index in [1.807, 2.05) is 18.2 Å². The molecule has 0 amide bonds. The Hall–Kier alpha value is -1.46. The lowest BCUT2D eigenvalue weighted by Crippen LogP contribution is -2.21. The van der Waals surface area contributed by atoms with Crippen LogP contribution in [0.4, 0.5) is 0 Å². The summed E-state index contributed by atoms with van der Waals surface area (Å²) in [6.07, 6.45) is 4.98. The number of aromatic nitrogens is 3. The fraction of sp³-hybridized carbons (Fsp3) is 0.467. The molecule has 0 radical (unpaired) electrons. The van der Waals surface area contributed by atoms with E-state index in [-0.39, 0.29) is 0 Å². The van der Waals surface area contributed by atoms with Crippen LogP contribution in [-0.2, 0) is 11.3 Å². The lowest BCUT2D eigenvalue weighted by Gasteiger charge is -2.22. The maximum atomic E-state index is 5.78. The first-order valence-electron chi connectivity index (χ1n) is 7.17. The number of nitrogens with zero attached hydrogens (tertiary/aromatic N) is 2. The van der Waals surface area contributed by atoms with Gasteiger partial charge in [0.2, 0.25) is 0 Å². The number of benzene rings is 1. The average molecular weight is 289 g/mol. The molecule has 2 heterocycles. The van der Waals surface area contributed by atoms with Crippen LogP contribution in [0, 0.1) is 4.77 Å². The highest BCUT2D eigenvalue weighted by atomic mass is 32.1. The highest BCUT2D eigenvalue weighted by Gasteiger charge is 2.15. The van der Waals surface area contributed by atoms with Crippen LogP contribution in [0.15, 0.2) is 30.3 Å². The van der Waals surface area contributed by atoms with Gasteiger partial charge in [-0.15, -0.1) is 0 Å². The van der Waals surface area contributed by atoms with Crippen LogP contribution in [0.3, 0.4) is 0 Å². The van der Waals surface area contributed by atoms with E-state index in [1.54, 1.807) is 0 Å². The molecular weight excluding hydrogens is 270 g/mol. The van der Waals surface area contributed by atoms with Gasteiger partial charge in [0.25, 0.3) is 0 Å². The molecule has 1 fully saturated rings. The highest BCUT2D eigenvalue weighted by Crippen LogP contribution is 2.20. The topological polar surface area (TPSA) is 42.8 Å². The molecule has 5 heteroatoms. The van der Waals surface area contributed by atoms with Crippen LogP contribution in [0.25, 0.3) is 11.4 Å². The first kappa shape index (κ1) is 13.5. The van der Waals surface area contributed by atoms with Crippen LogP contribution in [-0.4, -0.2) is 27.5 Å². The lowest BCUT2D eigenvalue weighted by atomic mass is 10.1. The summed E-state index contributed by atoms with van der Waals surface area (Å²) in [7, 11) is 0. The predicted molar refractivity (Wildman–Crippen MR) is 81.1 cm³/mol. The van der Waals surface area contributed by atoms with Crippen LogP contribution in [0.2, 0.25) is 0 Å². The van der Waals surface area contributed by atoms with Gasteiger partial charge in [-0.3, -0.25) is 5.10 Å². The Bertz CT molecular complexity index is 599.